The smallest absolute Gasteiger partial charge is 0.240 e. The van der Waals surface area contributed by atoms with Crippen molar-refractivity contribution in [2.45, 2.75) is 102 Å². The van der Waals surface area contributed by atoms with Gasteiger partial charge in [-0.3, -0.25) is 4.03 Å². The summed E-state index contributed by atoms with van der Waals surface area (Å²) >= 11 is 0. The maximum absolute atomic E-state index is 13.6. The number of fused-ring (bicyclic) bond motifs is 2. The first-order chi connectivity index (χ1) is 16.5. The van der Waals surface area contributed by atoms with E-state index in [0.717, 1.165) is 43.4 Å². The summed E-state index contributed by atoms with van der Waals surface area (Å²) in [7, 11) is -5.59. The molecular formula is C27H39N3O4SSi. The summed E-state index contributed by atoms with van der Waals surface area (Å²) in [5.74, 6) is 0.793. The van der Waals surface area contributed by atoms with Crippen molar-refractivity contribution in [3.8, 4) is 0 Å². The molecule has 0 bridgehead atoms. The summed E-state index contributed by atoms with van der Waals surface area (Å²) in [4.78, 5) is 15.3. The zero-order valence-electron chi connectivity index (χ0n) is 22.5. The summed E-state index contributed by atoms with van der Waals surface area (Å²) in [6.07, 6.45) is 6.95. The van der Waals surface area contributed by atoms with Crippen molar-refractivity contribution in [1.29, 1.82) is 0 Å². The minimum atomic E-state index is -3.27. The minimum Gasteiger partial charge on any atom is -0.450 e. The Hall–Kier alpha value is -2.03. The number of nitrogens with zero attached hydrogens (tertiary/aromatic N) is 2. The van der Waals surface area contributed by atoms with Crippen LogP contribution in [-0.4, -0.2) is 23.6 Å². The Labute approximate surface area is 216 Å². The highest BCUT2D eigenvalue weighted by Crippen LogP contribution is 2.43. The molecule has 2 atom stereocenters. The summed E-state index contributed by atoms with van der Waals surface area (Å²) < 4.78 is 24.4. The molecule has 1 heterocycles. The summed E-state index contributed by atoms with van der Waals surface area (Å²) in [5, 5.41) is 17.2. The molecule has 2 aliphatic rings. The van der Waals surface area contributed by atoms with Crippen molar-refractivity contribution in [1.82, 2.24) is 0 Å². The molecule has 0 spiro atoms. The Morgan fingerprint density at radius 1 is 1.14 bits per heavy atom. The molecule has 0 radical (unpaired) electrons. The Bertz CT molecular complexity index is 1360. The van der Waals surface area contributed by atoms with E-state index in [1.165, 1.54) is 16.7 Å². The zero-order valence-corrected chi connectivity index (χ0v) is 24.3. The number of aryl methyl sites for hydroxylation is 1. The molecule has 4 rings (SSSR count). The van der Waals surface area contributed by atoms with Crippen LogP contribution in [0.1, 0.15) is 74.6 Å². The molecule has 3 N–H and O–H groups in total. The largest absolute Gasteiger partial charge is 0.450 e. The normalized spacial score (nSPS) is 19.4. The van der Waals surface area contributed by atoms with Gasteiger partial charge in [-0.25, -0.2) is 14.1 Å². The van der Waals surface area contributed by atoms with Gasteiger partial charge in [0.2, 0.25) is 11.2 Å². The highest BCUT2D eigenvalue weighted by Gasteiger charge is 2.39. The first-order valence-electron chi connectivity index (χ1n) is 12.7. The van der Waals surface area contributed by atoms with Gasteiger partial charge in [-0.2, -0.15) is 4.99 Å². The molecule has 0 fully saturated rings. The van der Waals surface area contributed by atoms with Gasteiger partial charge >= 0.3 is 0 Å². The van der Waals surface area contributed by atoms with Crippen LogP contribution in [0.3, 0.4) is 0 Å². The molecule has 0 saturated heterocycles. The molecule has 196 valence electrons. The predicted molar refractivity (Wildman–Crippen MR) is 145 cm³/mol. The van der Waals surface area contributed by atoms with Crippen molar-refractivity contribution in [2.75, 3.05) is 0 Å². The van der Waals surface area contributed by atoms with E-state index < -0.39 is 23.8 Å². The molecule has 2 aliphatic carbocycles. The van der Waals surface area contributed by atoms with E-state index in [9.17, 15) is 14.1 Å². The van der Waals surface area contributed by atoms with Crippen LogP contribution >= 0.6 is 0 Å². The summed E-state index contributed by atoms with van der Waals surface area (Å²) in [5.41, 5.74) is 5.02. The quantitative estimate of drug-likeness (QED) is 0.286. The molecule has 1 aromatic carbocycles. The van der Waals surface area contributed by atoms with Crippen LogP contribution in [0.5, 0.6) is 0 Å². The Kier molecular flexibility index (Phi) is 6.80. The van der Waals surface area contributed by atoms with Gasteiger partial charge in [0.15, 0.2) is 18.2 Å². The minimum absolute atomic E-state index is 0.124. The number of furan rings is 1. The Morgan fingerprint density at radius 3 is 2.44 bits per heavy atom. The molecular weight excluding hydrogens is 490 g/mol. The Morgan fingerprint density at radius 2 is 1.83 bits per heavy atom. The highest BCUT2D eigenvalue weighted by atomic mass is 32.2. The van der Waals surface area contributed by atoms with E-state index in [1.807, 2.05) is 13.1 Å². The van der Waals surface area contributed by atoms with Crippen molar-refractivity contribution in [2.24, 2.45) is 20.1 Å². The van der Waals surface area contributed by atoms with Gasteiger partial charge in [0.1, 0.15) is 5.76 Å². The number of hydrogen-bond acceptors (Lipinski definition) is 6. The predicted octanol–water partition coefficient (Wildman–Crippen LogP) is 5.63. The monoisotopic (exact) mass is 529 g/mol. The molecule has 2 unspecified atom stereocenters. The van der Waals surface area contributed by atoms with Crippen molar-refractivity contribution in [3.05, 3.63) is 45.7 Å². The van der Waals surface area contributed by atoms with Crippen LogP contribution in [0.2, 0.25) is 18.1 Å². The van der Waals surface area contributed by atoms with Gasteiger partial charge in [0, 0.05) is 18.1 Å². The molecule has 1 aromatic heterocycles. The van der Waals surface area contributed by atoms with Gasteiger partial charge in [-0.05, 0) is 92.3 Å². The van der Waals surface area contributed by atoms with Crippen LogP contribution < -0.4 is 5.14 Å². The molecule has 7 nitrogen and oxygen atoms in total. The van der Waals surface area contributed by atoms with E-state index in [1.54, 1.807) is 26.0 Å². The van der Waals surface area contributed by atoms with E-state index in [4.69, 9.17) is 9.56 Å². The maximum atomic E-state index is 13.6. The first-order valence-corrected chi connectivity index (χ1v) is 17.2. The topological polar surface area (TPSA) is 118 Å². The highest BCUT2D eigenvalue weighted by molar-refractivity contribution is 7.92. The Balaban J connectivity index is 1.70. The zero-order chi connectivity index (χ0) is 26.7. The van der Waals surface area contributed by atoms with Crippen molar-refractivity contribution in [3.63, 3.8) is 0 Å². The van der Waals surface area contributed by atoms with E-state index in [2.05, 4.69) is 35.9 Å². The number of nitrogens with two attached hydrogens (primary N) is 1. The lowest BCUT2D eigenvalue weighted by Gasteiger charge is -2.32. The van der Waals surface area contributed by atoms with Gasteiger partial charge < -0.3 is 9.52 Å². The number of isocyanates is 1. The van der Waals surface area contributed by atoms with Gasteiger partial charge in [0.25, 0.3) is 0 Å². The number of benzene rings is 1. The number of rotatable bonds is 6. The van der Waals surface area contributed by atoms with Gasteiger partial charge in [0.05, 0.1) is 11.3 Å². The van der Waals surface area contributed by atoms with Gasteiger partial charge in [-0.1, -0.05) is 26.8 Å². The van der Waals surface area contributed by atoms with Crippen LogP contribution in [0, 0.1) is 5.92 Å². The maximum Gasteiger partial charge on any atom is 0.240 e. The third kappa shape index (κ3) is 5.04. The van der Waals surface area contributed by atoms with Gasteiger partial charge in [-0.15, -0.1) is 0 Å². The van der Waals surface area contributed by atoms with Crippen LogP contribution in [0.15, 0.2) is 30.7 Å². The number of hydrogen-bond donors (Lipinski definition) is 2. The molecule has 36 heavy (non-hydrogen) atoms. The second-order valence-corrected chi connectivity index (χ2v) is 19.4. The standard InChI is InChI=1S/C27H39N3O4SSi/c1-26(2,3)36(6,7)30-35(28,33)24-15-22(27(4,5)32)23(34-24)13-17-11-19-14-18-9-8-10-20(18)25(29-16-31)21(19)12-17/h14-15,17,32H,8-13H2,1-7H3,(H2,28,30,33). The van der Waals surface area contributed by atoms with Crippen molar-refractivity contribution < 1.29 is 18.5 Å². The average molecular weight is 530 g/mol. The SMILES string of the molecule is CC(C)(O)c1cc(S(N)(=O)=N[Si](C)(C)C(C)(C)C)oc1CC1Cc2cc3c(c(N=C=O)c2C1)CCC3. The lowest BCUT2D eigenvalue weighted by molar-refractivity contribution is 0.0762. The fourth-order valence-corrected chi connectivity index (χ4v) is 9.91. The molecule has 0 amide bonds. The molecule has 0 saturated carbocycles. The van der Waals surface area contributed by atoms with Crippen LogP contribution in [0.4, 0.5) is 5.69 Å². The van der Waals surface area contributed by atoms with E-state index >= 15 is 0 Å². The molecule has 9 heteroatoms. The van der Waals surface area contributed by atoms with Crippen LogP contribution in [0.25, 0.3) is 0 Å². The molecule has 0 aliphatic heterocycles. The second-order valence-electron chi connectivity index (χ2n) is 12.5. The fourth-order valence-electron chi connectivity index (χ4n) is 5.24. The third-order valence-corrected chi connectivity index (χ3v) is 15.5. The lowest BCUT2D eigenvalue weighted by atomic mass is 9.92. The van der Waals surface area contributed by atoms with Crippen molar-refractivity contribution >= 4 is 29.9 Å². The second kappa shape index (κ2) is 9.06. The number of carbonyl (C=O) groups excluding carboxylic acids is 1. The first kappa shape index (κ1) is 27.0. The molecule has 2 aromatic rings. The van der Waals surface area contributed by atoms with E-state index in [0.29, 0.717) is 17.7 Å². The van der Waals surface area contributed by atoms with Crippen LogP contribution in [-0.2, 0) is 52.4 Å². The summed E-state index contributed by atoms with van der Waals surface area (Å²) in [6.45, 7) is 13.7. The third-order valence-electron chi connectivity index (χ3n) is 8.13. The average Bonchev–Trinajstić information content (AvgIpc) is 3.44. The summed E-state index contributed by atoms with van der Waals surface area (Å²) in [6, 6.07) is 3.91. The van der Waals surface area contributed by atoms with E-state index in [-0.39, 0.29) is 16.0 Å². The fraction of sp³-hybridized carbons (Fsp3) is 0.593. The lowest BCUT2D eigenvalue weighted by Crippen LogP contribution is -2.37. The number of aliphatic imine (C=N–C) groups is 1. The number of aliphatic hydroxyl groups is 1.